The molecule has 1 atom stereocenters. The van der Waals surface area contributed by atoms with E-state index in [0.29, 0.717) is 13.1 Å². The number of piperidine rings is 1. The van der Waals surface area contributed by atoms with Gasteiger partial charge in [-0.3, -0.25) is 0 Å². The summed E-state index contributed by atoms with van der Waals surface area (Å²) < 4.78 is 24.8. The van der Waals surface area contributed by atoms with E-state index in [1.165, 1.54) is 9.24 Å². The third kappa shape index (κ3) is 4.18. The van der Waals surface area contributed by atoms with Crippen molar-refractivity contribution in [3.05, 3.63) is 0 Å². The van der Waals surface area contributed by atoms with Crippen molar-refractivity contribution >= 4 is 15.3 Å². The van der Waals surface area contributed by atoms with Crippen LogP contribution in [-0.2, 0) is 0 Å². The number of nitrogens with zero attached hydrogens (tertiary/aromatic N) is 1. The van der Waals surface area contributed by atoms with Crippen molar-refractivity contribution in [1.82, 2.24) is 10.2 Å². The Morgan fingerprint density at radius 3 is 2.43 bits per heavy atom. The average Bonchev–Trinajstić information content (AvgIpc) is 2.14. The number of likely N-dealkylation sites (tertiary alicyclic amines) is 1. The lowest BCUT2D eigenvalue weighted by Gasteiger charge is -2.27. The van der Waals surface area contributed by atoms with E-state index in [1.54, 1.807) is 4.90 Å². The Kier molecular flexibility index (Phi) is 4.05. The largest absolute Gasteiger partial charge is 0.332 e. The van der Waals surface area contributed by atoms with Crippen LogP contribution in [0.25, 0.3) is 0 Å². The quantitative estimate of drug-likeness (QED) is 0.711. The van der Waals surface area contributed by atoms with E-state index in [0.717, 1.165) is 19.3 Å². The highest BCUT2D eigenvalue weighted by Gasteiger charge is 2.24. The molecule has 0 bridgehead atoms. The van der Waals surface area contributed by atoms with E-state index in [4.69, 9.17) is 0 Å². The van der Waals surface area contributed by atoms with Gasteiger partial charge in [-0.05, 0) is 19.3 Å². The monoisotopic (exact) mass is 224 g/mol. The minimum Gasteiger partial charge on any atom is -0.332 e. The van der Waals surface area contributed by atoms with Gasteiger partial charge < -0.3 is 10.2 Å². The summed E-state index contributed by atoms with van der Waals surface area (Å²) in [6, 6.07) is -0.383. The standard InChI is InChI=1S/C8H15F2N2OP/c9-8(10,14)6-11-7(13)12-4-2-1-3-5-12/h1-6,14H2,(H,11,13). The SMILES string of the molecule is O=C(NCC(F)(F)P)N1CCCCC1. The van der Waals surface area contributed by atoms with Crippen molar-refractivity contribution < 1.29 is 13.6 Å². The van der Waals surface area contributed by atoms with Crippen LogP contribution in [0.1, 0.15) is 19.3 Å². The molecule has 1 saturated heterocycles. The highest BCUT2D eigenvalue weighted by molar-refractivity contribution is 7.18. The predicted octanol–water partition coefficient (Wildman–Crippen LogP) is 1.65. The molecule has 82 valence electrons. The number of alkyl halides is 2. The number of carbonyl (C=O) groups excluding carboxylic acids is 1. The maximum Gasteiger partial charge on any atom is 0.317 e. The second-order valence-corrected chi connectivity index (χ2v) is 4.31. The summed E-state index contributed by atoms with van der Waals surface area (Å²) in [5.74, 6) is 0. The van der Waals surface area contributed by atoms with Gasteiger partial charge >= 0.3 is 6.03 Å². The van der Waals surface area contributed by atoms with Crippen LogP contribution in [0.2, 0.25) is 0 Å². The molecular formula is C8H15F2N2OP. The van der Waals surface area contributed by atoms with E-state index < -0.39 is 12.2 Å². The Bertz CT molecular complexity index is 202. The topological polar surface area (TPSA) is 32.3 Å². The van der Waals surface area contributed by atoms with Crippen molar-refractivity contribution in [3.63, 3.8) is 0 Å². The molecule has 0 aliphatic carbocycles. The zero-order valence-electron chi connectivity index (χ0n) is 7.93. The minimum absolute atomic E-state index is 0.383. The van der Waals surface area contributed by atoms with E-state index in [2.05, 4.69) is 5.32 Å². The first-order valence-electron chi connectivity index (χ1n) is 4.68. The number of nitrogens with one attached hydrogen (secondary N) is 1. The zero-order chi connectivity index (χ0) is 10.6. The van der Waals surface area contributed by atoms with Gasteiger partial charge in [0.1, 0.15) is 0 Å². The summed E-state index contributed by atoms with van der Waals surface area (Å²) in [7, 11) is 1.40. The van der Waals surface area contributed by atoms with Gasteiger partial charge in [0.05, 0.1) is 6.54 Å². The van der Waals surface area contributed by atoms with Crippen LogP contribution in [0, 0.1) is 0 Å². The summed E-state index contributed by atoms with van der Waals surface area (Å²) in [4.78, 5) is 12.9. The van der Waals surface area contributed by atoms with Gasteiger partial charge in [-0.2, -0.15) is 0 Å². The van der Waals surface area contributed by atoms with E-state index in [9.17, 15) is 13.6 Å². The summed E-state index contributed by atoms with van der Waals surface area (Å²) >= 11 is 0. The van der Waals surface area contributed by atoms with Crippen LogP contribution in [0.3, 0.4) is 0 Å². The number of urea groups is 1. The molecule has 14 heavy (non-hydrogen) atoms. The third-order valence-electron chi connectivity index (χ3n) is 2.12. The van der Waals surface area contributed by atoms with E-state index in [-0.39, 0.29) is 6.03 Å². The number of hydrogen-bond donors (Lipinski definition) is 1. The Labute approximate surface area is 84.4 Å². The molecule has 3 nitrogen and oxygen atoms in total. The highest BCUT2D eigenvalue weighted by Crippen LogP contribution is 2.20. The van der Waals surface area contributed by atoms with Crippen LogP contribution in [0.4, 0.5) is 13.6 Å². The molecule has 0 spiro atoms. The molecule has 0 aromatic heterocycles. The van der Waals surface area contributed by atoms with Crippen LogP contribution < -0.4 is 5.32 Å². The van der Waals surface area contributed by atoms with Gasteiger partial charge in [0, 0.05) is 13.1 Å². The Balaban J connectivity index is 2.27. The third-order valence-corrected chi connectivity index (χ3v) is 2.32. The van der Waals surface area contributed by atoms with Crippen LogP contribution in [0.5, 0.6) is 0 Å². The van der Waals surface area contributed by atoms with Crippen molar-refractivity contribution in [1.29, 1.82) is 0 Å². The van der Waals surface area contributed by atoms with Gasteiger partial charge in [0.2, 0.25) is 0 Å². The first-order valence-corrected chi connectivity index (χ1v) is 5.26. The number of rotatable bonds is 2. The second kappa shape index (κ2) is 4.87. The first-order chi connectivity index (χ1) is 6.49. The lowest BCUT2D eigenvalue weighted by molar-refractivity contribution is 0.101. The molecule has 0 aromatic carbocycles. The number of halogens is 2. The van der Waals surface area contributed by atoms with Gasteiger partial charge in [0.25, 0.3) is 5.66 Å². The van der Waals surface area contributed by atoms with Crippen LogP contribution in [0.15, 0.2) is 0 Å². The van der Waals surface area contributed by atoms with Crippen molar-refractivity contribution in [2.45, 2.75) is 24.9 Å². The van der Waals surface area contributed by atoms with Gasteiger partial charge in [0.15, 0.2) is 0 Å². The Hall–Kier alpha value is -0.440. The molecular weight excluding hydrogens is 209 g/mol. The van der Waals surface area contributed by atoms with Crippen molar-refractivity contribution in [3.8, 4) is 0 Å². The van der Waals surface area contributed by atoms with Crippen molar-refractivity contribution in [2.75, 3.05) is 19.6 Å². The highest BCUT2D eigenvalue weighted by atomic mass is 31.0. The second-order valence-electron chi connectivity index (χ2n) is 3.47. The minimum atomic E-state index is -2.91. The normalized spacial score (nSPS) is 18.1. The van der Waals surface area contributed by atoms with E-state index >= 15 is 0 Å². The molecule has 0 radical (unpaired) electrons. The summed E-state index contributed by atoms with van der Waals surface area (Å²) in [6.07, 6.45) is 3.04. The van der Waals surface area contributed by atoms with Gasteiger partial charge in [-0.25, -0.2) is 13.6 Å². The maximum atomic E-state index is 12.4. The fourth-order valence-electron chi connectivity index (χ4n) is 1.40. The summed E-state index contributed by atoms with van der Waals surface area (Å²) in [5, 5.41) is 2.21. The smallest absolute Gasteiger partial charge is 0.317 e. The van der Waals surface area contributed by atoms with Crippen LogP contribution in [-0.4, -0.2) is 36.2 Å². The van der Waals surface area contributed by atoms with Gasteiger partial charge in [-0.1, -0.05) is 9.24 Å². The number of hydrogen-bond acceptors (Lipinski definition) is 1. The molecule has 6 heteroatoms. The molecule has 1 aliphatic rings. The molecule has 1 fully saturated rings. The van der Waals surface area contributed by atoms with Gasteiger partial charge in [-0.15, -0.1) is 0 Å². The zero-order valence-corrected chi connectivity index (χ0v) is 9.09. The predicted molar refractivity (Wildman–Crippen MR) is 53.5 cm³/mol. The fraction of sp³-hybridized carbons (Fsp3) is 0.875. The molecule has 1 N–H and O–H groups in total. The van der Waals surface area contributed by atoms with Crippen molar-refractivity contribution in [2.24, 2.45) is 0 Å². The molecule has 1 rings (SSSR count). The lowest BCUT2D eigenvalue weighted by Crippen LogP contribution is -2.45. The average molecular weight is 224 g/mol. The molecule has 1 aliphatic heterocycles. The molecule has 1 heterocycles. The summed E-state index contributed by atoms with van der Waals surface area (Å²) in [6.45, 7) is 0.732. The fourth-order valence-corrected chi connectivity index (χ4v) is 1.50. The first kappa shape index (κ1) is 11.6. The number of amides is 2. The number of carbonyl (C=O) groups is 1. The molecule has 0 aromatic rings. The molecule has 2 amide bonds. The molecule has 0 saturated carbocycles. The lowest BCUT2D eigenvalue weighted by atomic mass is 10.1. The van der Waals surface area contributed by atoms with Crippen LogP contribution >= 0.6 is 9.24 Å². The van der Waals surface area contributed by atoms with E-state index in [1.807, 2.05) is 0 Å². The molecule has 1 unspecified atom stereocenters. The Morgan fingerprint density at radius 1 is 1.36 bits per heavy atom. The maximum absolute atomic E-state index is 12.4. The summed E-state index contributed by atoms with van der Waals surface area (Å²) in [5.41, 5.74) is -2.91. The Morgan fingerprint density at radius 2 is 1.93 bits per heavy atom.